The summed E-state index contributed by atoms with van der Waals surface area (Å²) in [5.74, 6) is 1.58. The van der Waals surface area contributed by atoms with E-state index in [2.05, 4.69) is 30.3 Å². The van der Waals surface area contributed by atoms with Crippen molar-refractivity contribution < 1.29 is 4.52 Å². The standard InChI is InChI=1S/C12H16N6O/c1-4-13-8-14-11(1)17-10-2-5-18(6-3-10)7-12-15-9-16-19-12/h1,4,8-10H,2-3,5-7H2,(H,13,14,17). The first kappa shape index (κ1) is 12.0. The molecule has 1 aliphatic heterocycles. The minimum absolute atomic E-state index is 0.467. The van der Waals surface area contributed by atoms with E-state index in [0.717, 1.165) is 38.3 Å². The third-order valence-electron chi connectivity index (χ3n) is 3.29. The highest BCUT2D eigenvalue weighted by atomic mass is 16.5. The molecule has 0 aromatic carbocycles. The average Bonchev–Trinajstić information content (AvgIpc) is 2.95. The van der Waals surface area contributed by atoms with Crippen molar-refractivity contribution >= 4 is 5.82 Å². The molecule has 2 aromatic heterocycles. The lowest BCUT2D eigenvalue weighted by molar-refractivity contribution is 0.186. The van der Waals surface area contributed by atoms with Crippen LogP contribution in [0.15, 0.2) is 29.4 Å². The maximum atomic E-state index is 5.02. The van der Waals surface area contributed by atoms with Gasteiger partial charge in [0.25, 0.3) is 0 Å². The van der Waals surface area contributed by atoms with E-state index in [1.54, 1.807) is 12.5 Å². The summed E-state index contributed by atoms with van der Waals surface area (Å²) in [6, 6.07) is 2.36. The number of nitrogens with one attached hydrogen (secondary N) is 1. The zero-order chi connectivity index (χ0) is 12.9. The van der Waals surface area contributed by atoms with Gasteiger partial charge in [0.05, 0.1) is 6.54 Å². The van der Waals surface area contributed by atoms with Crippen molar-refractivity contribution in [1.29, 1.82) is 0 Å². The van der Waals surface area contributed by atoms with Gasteiger partial charge in [-0.2, -0.15) is 4.98 Å². The molecule has 0 amide bonds. The normalized spacial score (nSPS) is 17.5. The van der Waals surface area contributed by atoms with Crippen LogP contribution in [-0.4, -0.2) is 44.1 Å². The highest BCUT2D eigenvalue weighted by Gasteiger charge is 2.20. The zero-order valence-corrected chi connectivity index (χ0v) is 10.6. The van der Waals surface area contributed by atoms with Gasteiger partial charge in [0.15, 0.2) is 6.33 Å². The number of likely N-dealkylation sites (tertiary alicyclic amines) is 1. The second-order valence-corrected chi connectivity index (χ2v) is 4.62. The number of piperidine rings is 1. The minimum atomic E-state index is 0.467. The molecule has 1 fully saturated rings. The molecule has 3 heterocycles. The first-order valence-electron chi connectivity index (χ1n) is 6.40. The Bertz CT molecular complexity index is 480. The third-order valence-corrected chi connectivity index (χ3v) is 3.29. The monoisotopic (exact) mass is 260 g/mol. The van der Waals surface area contributed by atoms with E-state index in [1.165, 1.54) is 6.33 Å². The van der Waals surface area contributed by atoms with E-state index in [9.17, 15) is 0 Å². The van der Waals surface area contributed by atoms with E-state index >= 15 is 0 Å². The predicted molar refractivity (Wildman–Crippen MR) is 68.3 cm³/mol. The molecule has 1 N–H and O–H groups in total. The Labute approximate surface area is 111 Å². The van der Waals surface area contributed by atoms with Crippen LogP contribution in [0.2, 0.25) is 0 Å². The number of nitrogens with zero attached hydrogens (tertiary/aromatic N) is 5. The average molecular weight is 260 g/mol. The van der Waals surface area contributed by atoms with Gasteiger partial charge in [-0.1, -0.05) is 5.16 Å². The first-order chi connectivity index (χ1) is 9.40. The number of hydrogen-bond donors (Lipinski definition) is 1. The van der Waals surface area contributed by atoms with Crippen molar-refractivity contribution in [3.8, 4) is 0 Å². The lowest BCUT2D eigenvalue weighted by Crippen LogP contribution is -2.38. The van der Waals surface area contributed by atoms with Gasteiger partial charge >= 0.3 is 0 Å². The summed E-state index contributed by atoms with van der Waals surface area (Å²) in [5.41, 5.74) is 0. The molecule has 19 heavy (non-hydrogen) atoms. The maximum absolute atomic E-state index is 5.02. The molecular formula is C12H16N6O. The van der Waals surface area contributed by atoms with Crippen LogP contribution in [0.3, 0.4) is 0 Å². The Kier molecular flexibility index (Phi) is 3.64. The topological polar surface area (TPSA) is 80.0 Å². The number of rotatable bonds is 4. The second kappa shape index (κ2) is 5.75. The van der Waals surface area contributed by atoms with E-state index in [4.69, 9.17) is 4.52 Å². The van der Waals surface area contributed by atoms with E-state index in [0.29, 0.717) is 11.9 Å². The molecule has 0 spiro atoms. The fraction of sp³-hybridized carbons (Fsp3) is 0.500. The molecule has 0 bridgehead atoms. The highest BCUT2D eigenvalue weighted by Crippen LogP contribution is 2.16. The SMILES string of the molecule is c1cc(NC2CCN(Cc3ncno3)CC2)ncn1. The molecular weight excluding hydrogens is 244 g/mol. The van der Waals surface area contributed by atoms with E-state index in [-0.39, 0.29) is 0 Å². The second-order valence-electron chi connectivity index (χ2n) is 4.62. The van der Waals surface area contributed by atoms with Crippen LogP contribution in [0.1, 0.15) is 18.7 Å². The van der Waals surface area contributed by atoms with Crippen LogP contribution in [0.25, 0.3) is 0 Å². The Morgan fingerprint density at radius 3 is 2.84 bits per heavy atom. The van der Waals surface area contributed by atoms with Crippen LogP contribution >= 0.6 is 0 Å². The lowest BCUT2D eigenvalue weighted by Gasteiger charge is -2.31. The van der Waals surface area contributed by atoms with Crippen molar-refractivity contribution in [1.82, 2.24) is 25.0 Å². The molecule has 3 rings (SSSR count). The van der Waals surface area contributed by atoms with E-state index < -0.39 is 0 Å². The van der Waals surface area contributed by atoms with Gasteiger partial charge in [-0.25, -0.2) is 9.97 Å². The number of anilines is 1. The van der Waals surface area contributed by atoms with E-state index in [1.807, 2.05) is 6.07 Å². The maximum Gasteiger partial charge on any atom is 0.240 e. The van der Waals surface area contributed by atoms with Gasteiger partial charge in [-0.15, -0.1) is 0 Å². The minimum Gasteiger partial charge on any atom is -0.367 e. The van der Waals surface area contributed by atoms with Crippen LogP contribution < -0.4 is 5.32 Å². The molecule has 7 nitrogen and oxygen atoms in total. The van der Waals surface area contributed by atoms with Crippen LogP contribution in [0.4, 0.5) is 5.82 Å². The van der Waals surface area contributed by atoms with Gasteiger partial charge in [0.1, 0.15) is 12.1 Å². The molecule has 1 saturated heterocycles. The fourth-order valence-corrected chi connectivity index (χ4v) is 2.28. The summed E-state index contributed by atoms with van der Waals surface area (Å²) >= 11 is 0. The quantitative estimate of drug-likeness (QED) is 0.876. The Morgan fingerprint density at radius 1 is 1.26 bits per heavy atom. The van der Waals surface area contributed by atoms with Gasteiger partial charge in [-0.3, -0.25) is 4.90 Å². The molecule has 0 unspecified atom stereocenters. The summed E-state index contributed by atoms with van der Waals surface area (Å²) in [7, 11) is 0. The molecule has 7 heteroatoms. The third kappa shape index (κ3) is 3.25. The fourth-order valence-electron chi connectivity index (χ4n) is 2.28. The van der Waals surface area contributed by atoms with Crippen LogP contribution in [-0.2, 0) is 6.54 Å². The van der Waals surface area contributed by atoms with Crippen molar-refractivity contribution in [2.24, 2.45) is 0 Å². The predicted octanol–water partition coefficient (Wildman–Crippen LogP) is 0.936. The zero-order valence-electron chi connectivity index (χ0n) is 10.6. The molecule has 0 atom stereocenters. The van der Waals surface area contributed by atoms with Crippen molar-refractivity contribution in [3.05, 3.63) is 30.8 Å². The van der Waals surface area contributed by atoms with Crippen molar-refractivity contribution in [3.63, 3.8) is 0 Å². The highest BCUT2D eigenvalue weighted by molar-refractivity contribution is 5.33. The summed E-state index contributed by atoms with van der Waals surface area (Å²) in [6.45, 7) is 2.77. The smallest absolute Gasteiger partial charge is 0.240 e. The van der Waals surface area contributed by atoms with Crippen LogP contribution in [0.5, 0.6) is 0 Å². The largest absolute Gasteiger partial charge is 0.367 e. The Hall–Kier alpha value is -2.02. The first-order valence-corrected chi connectivity index (χ1v) is 6.40. The Morgan fingerprint density at radius 2 is 2.16 bits per heavy atom. The van der Waals surface area contributed by atoms with Crippen molar-refractivity contribution in [2.45, 2.75) is 25.4 Å². The van der Waals surface area contributed by atoms with Gasteiger partial charge in [0.2, 0.25) is 5.89 Å². The summed E-state index contributed by atoms with van der Waals surface area (Å²) in [6.07, 6.45) is 6.92. The summed E-state index contributed by atoms with van der Waals surface area (Å²) in [5, 5.41) is 7.05. The van der Waals surface area contributed by atoms with Gasteiger partial charge < -0.3 is 9.84 Å². The number of aromatic nitrogens is 4. The van der Waals surface area contributed by atoms with Gasteiger partial charge in [0, 0.05) is 25.3 Å². The molecule has 0 saturated carbocycles. The summed E-state index contributed by atoms with van der Waals surface area (Å²) in [4.78, 5) is 14.5. The molecule has 0 aliphatic carbocycles. The molecule has 0 radical (unpaired) electrons. The molecule has 2 aromatic rings. The number of hydrogen-bond acceptors (Lipinski definition) is 7. The van der Waals surface area contributed by atoms with Crippen LogP contribution in [0, 0.1) is 0 Å². The summed E-state index contributed by atoms with van der Waals surface area (Å²) < 4.78 is 5.02. The molecule has 1 aliphatic rings. The van der Waals surface area contributed by atoms with Gasteiger partial charge in [-0.05, 0) is 18.9 Å². The Balaban J connectivity index is 1.47. The lowest BCUT2D eigenvalue weighted by atomic mass is 10.1. The molecule has 100 valence electrons. The van der Waals surface area contributed by atoms with Crippen molar-refractivity contribution in [2.75, 3.05) is 18.4 Å².